The van der Waals surface area contributed by atoms with Gasteiger partial charge in [0.2, 0.25) is 0 Å². The highest BCUT2D eigenvalue weighted by atomic mass is 15.3. The van der Waals surface area contributed by atoms with E-state index in [0.29, 0.717) is 6.04 Å². The summed E-state index contributed by atoms with van der Waals surface area (Å²) in [5.74, 6) is 0.892. The van der Waals surface area contributed by atoms with E-state index in [1.54, 1.807) is 0 Å². The van der Waals surface area contributed by atoms with Crippen LogP contribution in [-0.2, 0) is 13.1 Å². The first kappa shape index (κ1) is 21.4. The van der Waals surface area contributed by atoms with Crippen LogP contribution in [0.15, 0.2) is 24.3 Å². The van der Waals surface area contributed by atoms with Crippen molar-refractivity contribution in [2.24, 2.45) is 5.92 Å². The summed E-state index contributed by atoms with van der Waals surface area (Å²) < 4.78 is 0. The molecule has 1 saturated heterocycles. The van der Waals surface area contributed by atoms with Gasteiger partial charge in [-0.2, -0.15) is 0 Å². The van der Waals surface area contributed by atoms with Gasteiger partial charge in [-0.1, -0.05) is 57.9 Å². The second kappa shape index (κ2) is 11.7. The highest BCUT2D eigenvalue weighted by Crippen LogP contribution is 2.15. The predicted octanol–water partition coefficient (Wildman–Crippen LogP) is 4.52. The number of rotatable bonds is 11. The monoisotopic (exact) mass is 359 g/mol. The van der Waals surface area contributed by atoms with Gasteiger partial charge in [0.05, 0.1) is 0 Å². The van der Waals surface area contributed by atoms with Gasteiger partial charge in [0.25, 0.3) is 0 Å². The van der Waals surface area contributed by atoms with Crippen molar-refractivity contribution >= 4 is 0 Å². The van der Waals surface area contributed by atoms with Crippen LogP contribution in [0, 0.1) is 5.92 Å². The highest BCUT2D eigenvalue weighted by molar-refractivity contribution is 5.22. The molecule has 3 nitrogen and oxygen atoms in total. The third kappa shape index (κ3) is 7.38. The molecule has 1 N–H and O–H groups in total. The van der Waals surface area contributed by atoms with E-state index in [9.17, 15) is 0 Å². The Morgan fingerprint density at radius 3 is 2.08 bits per heavy atom. The molecule has 0 amide bonds. The van der Waals surface area contributed by atoms with Gasteiger partial charge in [0.15, 0.2) is 0 Å². The van der Waals surface area contributed by atoms with Crippen LogP contribution in [-0.4, -0.2) is 48.6 Å². The van der Waals surface area contributed by atoms with Crippen LogP contribution in [0.25, 0.3) is 0 Å². The van der Waals surface area contributed by atoms with Crippen LogP contribution in [0.4, 0.5) is 0 Å². The second-order valence-corrected chi connectivity index (χ2v) is 8.15. The predicted molar refractivity (Wildman–Crippen MR) is 113 cm³/mol. The molecule has 0 aromatic heterocycles. The van der Waals surface area contributed by atoms with Gasteiger partial charge >= 0.3 is 0 Å². The minimum atomic E-state index is 0.593. The molecule has 0 bridgehead atoms. The van der Waals surface area contributed by atoms with E-state index >= 15 is 0 Å². The fourth-order valence-electron chi connectivity index (χ4n) is 3.79. The molecule has 0 aliphatic carbocycles. The molecule has 148 valence electrons. The number of hydrogen-bond acceptors (Lipinski definition) is 3. The molecule has 1 aliphatic rings. The van der Waals surface area contributed by atoms with Gasteiger partial charge in [-0.3, -0.25) is 4.90 Å². The summed E-state index contributed by atoms with van der Waals surface area (Å²) in [6, 6.07) is 9.80. The molecular weight excluding hydrogens is 318 g/mol. The summed E-state index contributed by atoms with van der Waals surface area (Å²) in [7, 11) is 0. The summed E-state index contributed by atoms with van der Waals surface area (Å²) >= 11 is 0. The van der Waals surface area contributed by atoms with E-state index in [2.05, 4.69) is 67.1 Å². The molecule has 0 saturated carbocycles. The largest absolute Gasteiger partial charge is 0.310 e. The van der Waals surface area contributed by atoms with Crippen molar-refractivity contribution in [1.82, 2.24) is 15.1 Å². The molecule has 1 fully saturated rings. The van der Waals surface area contributed by atoms with Gasteiger partial charge in [0, 0.05) is 51.9 Å². The third-order valence-corrected chi connectivity index (χ3v) is 5.95. The summed E-state index contributed by atoms with van der Waals surface area (Å²) in [5.41, 5.74) is 2.84. The van der Waals surface area contributed by atoms with Gasteiger partial charge < -0.3 is 10.2 Å². The quantitative estimate of drug-likeness (QED) is 0.627. The smallest absolute Gasteiger partial charge is 0.0234 e. The fraction of sp³-hybridized carbons (Fsp3) is 0.739. The first-order chi connectivity index (χ1) is 12.6. The maximum Gasteiger partial charge on any atom is 0.0234 e. The third-order valence-electron chi connectivity index (χ3n) is 5.95. The molecule has 1 aromatic carbocycles. The van der Waals surface area contributed by atoms with Crippen molar-refractivity contribution in [2.75, 3.05) is 32.7 Å². The van der Waals surface area contributed by atoms with Crippen molar-refractivity contribution in [1.29, 1.82) is 0 Å². The minimum Gasteiger partial charge on any atom is -0.310 e. The maximum atomic E-state index is 3.57. The van der Waals surface area contributed by atoms with Crippen LogP contribution in [0.3, 0.4) is 0 Å². The molecular formula is C23H41N3. The molecule has 2 rings (SSSR count). The Hall–Kier alpha value is -0.900. The summed E-state index contributed by atoms with van der Waals surface area (Å²) in [6.07, 6.45) is 5.21. The number of benzene rings is 1. The molecule has 1 aromatic rings. The zero-order valence-corrected chi connectivity index (χ0v) is 17.6. The van der Waals surface area contributed by atoms with Crippen molar-refractivity contribution in [3.8, 4) is 0 Å². The van der Waals surface area contributed by atoms with Crippen LogP contribution in [0.1, 0.15) is 64.5 Å². The van der Waals surface area contributed by atoms with Crippen LogP contribution >= 0.6 is 0 Å². The Morgan fingerprint density at radius 2 is 1.50 bits per heavy atom. The summed E-state index contributed by atoms with van der Waals surface area (Å²) in [4.78, 5) is 5.30. The normalized spacial score (nSPS) is 18.8. The van der Waals surface area contributed by atoms with E-state index in [-0.39, 0.29) is 0 Å². The highest BCUT2D eigenvalue weighted by Gasteiger charge is 2.19. The average Bonchev–Trinajstić information content (AvgIpc) is 2.68. The lowest BCUT2D eigenvalue weighted by atomic mass is 10.00. The topological polar surface area (TPSA) is 18.5 Å². The number of nitrogens with zero attached hydrogens (tertiary/aromatic N) is 2. The summed E-state index contributed by atoms with van der Waals surface area (Å²) in [6.45, 7) is 17.4. The van der Waals surface area contributed by atoms with Gasteiger partial charge in [-0.25, -0.2) is 0 Å². The van der Waals surface area contributed by atoms with E-state index < -0.39 is 0 Å². The Balaban J connectivity index is 1.71. The van der Waals surface area contributed by atoms with Crippen molar-refractivity contribution in [3.63, 3.8) is 0 Å². The molecule has 26 heavy (non-hydrogen) atoms. The van der Waals surface area contributed by atoms with Gasteiger partial charge in [0.1, 0.15) is 0 Å². The van der Waals surface area contributed by atoms with E-state index in [4.69, 9.17) is 0 Å². The lowest BCUT2D eigenvalue weighted by Gasteiger charge is -2.36. The Morgan fingerprint density at radius 1 is 0.885 bits per heavy atom. The first-order valence-electron chi connectivity index (χ1n) is 10.9. The van der Waals surface area contributed by atoms with E-state index in [0.717, 1.165) is 19.0 Å². The Kier molecular flexibility index (Phi) is 9.66. The molecule has 1 aliphatic heterocycles. The Bertz CT molecular complexity index is 477. The van der Waals surface area contributed by atoms with Crippen LogP contribution in [0.5, 0.6) is 0 Å². The standard InChI is InChI=1S/C23H41N3/c1-5-8-21(7-3)18-25-13-15-26(16-14-25)19-23-11-9-22(10-12-23)17-24-20(4)6-2/h9-12,20-21,24H,5-8,13-19H2,1-4H3. The number of nitrogens with one attached hydrogen (secondary N) is 1. The molecule has 0 radical (unpaired) electrons. The number of piperazine rings is 1. The summed E-state index contributed by atoms with van der Waals surface area (Å²) in [5, 5.41) is 3.57. The lowest BCUT2D eigenvalue weighted by molar-refractivity contribution is 0.110. The van der Waals surface area contributed by atoms with Crippen LogP contribution in [0.2, 0.25) is 0 Å². The zero-order chi connectivity index (χ0) is 18.8. The van der Waals surface area contributed by atoms with Crippen molar-refractivity contribution in [3.05, 3.63) is 35.4 Å². The van der Waals surface area contributed by atoms with E-state index in [1.807, 2.05) is 0 Å². The van der Waals surface area contributed by atoms with Gasteiger partial charge in [-0.15, -0.1) is 0 Å². The Labute approximate surface area is 162 Å². The molecule has 2 atom stereocenters. The van der Waals surface area contributed by atoms with Gasteiger partial charge in [-0.05, 0) is 36.8 Å². The SMILES string of the molecule is CCCC(CC)CN1CCN(Cc2ccc(CNC(C)CC)cc2)CC1. The molecule has 3 heteroatoms. The van der Waals surface area contributed by atoms with Crippen LogP contribution < -0.4 is 5.32 Å². The molecule has 0 spiro atoms. The molecule has 2 unspecified atom stereocenters. The number of hydrogen-bond donors (Lipinski definition) is 1. The minimum absolute atomic E-state index is 0.593. The maximum absolute atomic E-state index is 3.57. The van der Waals surface area contributed by atoms with Crippen molar-refractivity contribution < 1.29 is 0 Å². The second-order valence-electron chi connectivity index (χ2n) is 8.15. The van der Waals surface area contributed by atoms with E-state index in [1.165, 1.54) is 69.5 Å². The zero-order valence-electron chi connectivity index (χ0n) is 17.6. The average molecular weight is 360 g/mol. The first-order valence-corrected chi connectivity index (χ1v) is 10.9. The van der Waals surface area contributed by atoms with Crippen molar-refractivity contribution in [2.45, 2.75) is 72.5 Å². The lowest BCUT2D eigenvalue weighted by Crippen LogP contribution is -2.47. The fourth-order valence-corrected chi connectivity index (χ4v) is 3.79. The molecule has 1 heterocycles.